The number of para-hydroxylation sites is 1. The first-order valence-corrected chi connectivity index (χ1v) is 15.3. The molecule has 0 atom stereocenters. The molecule has 0 fully saturated rings. The van der Waals surface area contributed by atoms with Crippen molar-refractivity contribution >= 4 is 43.6 Å². The van der Waals surface area contributed by atoms with E-state index in [0.29, 0.717) is 61.9 Å². The molecule has 3 aromatic carbocycles. The molecule has 0 radical (unpaired) electrons. The van der Waals surface area contributed by atoms with Crippen molar-refractivity contribution in [3.05, 3.63) is 90.1 Å². The average molecular weight is 596 g/mol. The summed E-state index contributed by atoms with van der Waals surface area (Å²) in [6.07, 6.45) is 2.73. The van der Waals surface area contributed by atoms with Gasteiger partial charge in [0.1, 0.15) is 22.7 Å². The molecule has 9 nitrogen and oxygen atoms in total. The number of methoxy groups -OCH3 is 1. The SMILES string of the molecule is CNC(=O)c1c(-c2ccc(C)cc2)oc2cc(N(C)S(C)(=O)=O)c(-c3cnc(OC)c(-c4cc5ccccc5o4)c3)cc12. The second kappa shape index (κ2) is 10.6. The second-order valence-electron chi connectivity index (χ2n) is 10.3. The monoisotopic (exact) mass is 595 g/mol. The molecule has 6 rings (SSSR count). The van der Waals surface area contributed by atoms with Crippen molar-refractivity contribution in [1.29, 1.82) is 0 Å². The van der Waals surface area contributed by atoms with E-state index in [-0.39, 0.29) is 5.91 Å². The van der Waals surface area contributed by atoms with Crippen LogP contribution in [0.15, 0.2) is 87.8 Å². The number of fused-ring (bicyclic) bond motifs is 2. The number of carbonyl (C=O) groups excluding carboxylic acids is 1. The van der Waals surface area contributed by atoms with Crippen LogP contribution in [0.5, 0.6) is 5.88 Å². The maximum Gasteiger partial charge on any atom is 0.255 e. The van der Waals surface area contributed by atoms with E-state index >= 15 is 0 Å². The number of nitrogens with one attached hydrogen (secondary N) is 1. The minimum atomic E-state index is -3.68. The third-order valence-corrected chi connectivity index (χ3v) is 8.65. The minimum Gasteiger partial charge on any atom is -0.480 e. The molecule has 10 heteroatoms. The number of aryl methyl sites for hydroxylation is 1. The van der Waals surface area contributed by atoms with Crippen LogP contribution < -0.4 is 14.4 Å². The summed E-state index contributed by atoms with van der Waals surface area (Å²) in [7, 11) is 0.873. The Bertz CT molecular complexity index is 2100. The van der Waals surface area contributed by atoms with Gasteiger partial charge in [-0.1, -0.05) is 48.0 Å². The molecule has 0 unspecified atom stereocenters. The molecule has 43 heavy (non-hydrogen) atoms. The van der Waals surface area contributed by atoms with E-state index in [4.69, 9.17) is 13.6 Å². The lowest BCUT2D eigenvalue weighted by Crippen LogP contribution is -2.25. The molecule has 0 bridgehead atoms. The number of aromatic nitrogens is 1. The second-order valence-corrected chi connectivity index (χ2v) is 12.3. The summed E-state index contributed by atoms with van der Waals surface area (Å²) in [6.45, 7) is 1.98. The summed E-state index contributed by atoms with van der Waals surface area (Å²) < 4.78 is 44.7. The minimum absolute atomic E-state index is 0.333. The fourth-order valence-corrected chi connectivity index (χ4v) is 5.62. The van der Waals surface area contributed by atoms with Crippen molar-refractivity contribution in [1.82, 2.24) is 10.3 Å². The molecular weight excluding hydrogens is 566 g/mol. The lowest BCUT2D eigenvalue weighted by molar-refractivity contribution is 0.0964. The summed E-state index contributed by atoms with van der Waals surface area (Å²) in [4.78, 5) is 17.8. The lowest BCUT2D eigenvalue weighted by Gasteiger charge is -2.21. The number of sulfonamides is 1. The predicted molar refractivity (Wildman–Crippen MR) is 168 cm³/mol. The number of nitrogens with zero attached hydrogens (tertiary/aromatic N) is 2. The van der Waals surface area contributed by atoms with Gasteiger partial charge >= 0.3 is 0 Å². The van der Waals surface area contributed by atoms with Gasteiger partial charge in [-0.3, -0.25) is 9.10 Å². The average Bonchev–Trinajstić information content (AvgIpc) is 3.61. The van der Waals surface area contributed by atoms with Gasteiger partial charge in [0, 0.05) is 53.8 Å². The van der Waals surface area contributed by atoms with Gasteiger partial charge in [-0.15, -0.1) is 0 Å². The number of furan rings is 2. The molecule has 0 saturated heterocycles. The predicted octanol–water partition coefficient (Wildman–Crippen LogP) is 6.65. The number of anilines is 1. The highest BCUT2D eigenvalue weighted by Crippen LogP contribution is 2.43. The van der Waals surface area contributed by atoms with Gasteiger partial charge in [0.05, 0.1) is 30.2 Å². The Morgan fingerprint density at radius 1 is 0.930 bits per heavy atom. The topological polar surface area (TPSA) is 115 Å². The first-order chi connectivity index (χ1) is 20.6. The van der Waals surface area contributed by atoms with Crippen LogP contribution in [0.4, 0.5) is 5.69 Å². The molecule has 6 aromatic rings. The summed E-state index contributed by atoms with van der Waals surface area (Å²) in [5.41, 5.74) is 5.25. The van der Waals surface area contributed by atoms with Crippen LogP contribution in [-0.4, -0.2) is 46.8 Å². The molecule has 3 aromatic heterocycles. The van der Waals surface area contributed by atoms with Crippen LogP contribution >= 0.6 is 0 Å². The van der Waals surface area contributed by atoms with Crippen LogP contribution in [0.2, 0.25) is 0 Å². The highest BCUT2D eigenvalue weighted by atomic mass is 32.2. The molecule has 1 amide bonds. The van der Waals surface area contributed by atoms with Gasteiger partial charge in [0.2, 0.25) is 15.9 Å². The third-order valence-electron chi connectivity index (χ3n) is 7.46. The maximum absolute atomic E-state index is 13.3. The molecular formula is C33H29N3O6S. The number of ether oxygens (including phenoxy) is 1. The first kappa shape index (κ1) is 28.0. The van der Waals surface area contributed by atoms with Crippen LogP contribution in [0.3, 0.4) is 0 Å². The molecule has 0 aliphatic carbocycles. The number of rotatable bonds is 7. The number of amides is 1. The normalized spacial score (nSPS) is 11.7. The van der Waals surface area contributed by atoms with Crippen molar-refractivity contribution in [3.63, 3.8) is 0 Å². The Balaban J connectivity index is 1.64. The van der Waals surface area contributed by atoms with Gasteiger partial charge in [0.15, 0.2) is 0 Å². The Morgan fingerprint density at radius 2 is 1.67 bits per heavy atom. The van der Waals surface area contributed by atoms with Crippen LogP contribution in [0.1, 0.15) is 15.9 Å². The summed E-state index contributed by atoms with van der Waals surface area (Å²) in [5.74, 6) is 0.941. The quantitative estimate of drug-likeness (QED) is 0.220. The zero-order valence-corrected chi connectivity index (χ0v) is 25.1. The first-order valence-electron chi connectivity index (χ1n) is 13.5. The van der Waals surface area contributed by atoms with E-state index < -0.39 is 10.0 Å². The maximum atomic E-state index is 13.3. The number of hydrogen-bond acceptors (Lipinski definition) is 7. The van der Waals surface area contributed by atoms with Gasteiger partial charge in [-0.05, 0) is 31.2 Å². The van der Waals surface area contributed by atoms with Crippen LogP contribution in [-0.2, 0) is 10.0 Å². The Hall–Kier alpha value is -5.09. The summed E-state index contributed by atoms with van der Waals surface area (Å²) >= 11 is 0. The van der Waals surface area contributed by atoms with E-state index in [2.05, 4.69) is 10.3 Å². The molecule has 0 spiro atoms. The zero-order chi connectivity index (χ0) is 30.5. The van der Waals surface area contributed by atoms with Crippen LogP contribution in [0.25, 0.3) is 55.7 Å². The summed E-state index contributed by atoms with van der Waals surface area (Å²) in [5, 5.41) is 4.16. The Kier molecular flexibility index (Phi) is 6.94. The van der Waals surface area contributed by atoms with E-state index in [1.54, 1.807) is 25.4 Å². The van der Waals surface area contributed by atoms with Crippen molar-refractivity contribution in [2.45, 2.75) is 6.92 Å². The Morgan fingerprint density at radius 3 is 2.35 bits per heavy atom. The fraction of sp³-hybridized carbons (Fsp3) is 0.152. The van der Waals surface area contributed by atoms with E-state index in [9.17, 15) is 13.2 Å². The molecule has 218 valence electrons. The van der Waals surface area contributed by atoms with E-state index in [0.717, 1.165) is 22.8 Å². The van der Waals surface area contributed by atoms with E-state index in [1.807, 2.05) is 67.6 Å². The third kappa shape index (κ3) is 4.99. The lowest BCUT2D eigenvalue weighted by atomic mass is 9.98. The van der Waals surface area contributed by atoms with E-state index in [1.165, 1.54) is 18.5 Å². The summed E-state index contributed by atoms with van der Waals surface area (Å²) in [6, 6.07) is 22.4. The number of hydrogen-bond donors (Lipinski definition) is 1. The largest absolute Gasteiger partial charge is 0.480 e. The highest BCUT2D eigenvalue weighted by molar-refractivity contribution is 7.92. The van der Waals surface area contributed by atoms with Gasteiger partial charge in [-0.25, -0.2) is 13.4 Å². The smallest absolute Gasteiger partial charge is 0.255 e. The van der Waals surface area contributed by atoms with Gasteiger partial charge in [-0.2, -0.15) is 0 Å². The van der Waals surface area contributed by atoms with Gasteiger partial charge < -0.3 is 18.9 Å². The van der Waals surface area contributed by atoms with Crippen molar-refractivity contribution in [2.24, 2.45) is 0 Å². The van der Waals surface area contributed by atoms with Crippen molar-refractivity contribution in [2.75, 3.05) is 31.8 Å². The fourth-order valence-electron chi connectivity index (χ4n) is 5.11. The number of benzene rings is 3. The standard InChI is InChI=1S/C33H29N3O6S/c1-19-10-12-20(13-11-19)31-30(32(37)34-2)24-16-23(26(17-29(24)42-31)36(3)43(5,38)39)22-14-25(33(40-4)35-18-22)28-15-21-8-6-7-9-27(21)41-28/h6-18H,1-5H3,(H,34,37). The van der Waals surface area contributed by atoms with Crippen LogP contribution in [0, 0.1) is 6.92 Å². The zero-order valence-electron chi connectivity index (χ0n) is 24.3. The Labute approximate surface area is 248 Å². The van der Waals surface area contributed by atoms with Gasteiger partial charge in [0.25, 0.3) is 5.91 Å². The van der Waals surface area contributed by atoms with Crippen molar-refractivity contribution in [3.8, 4) is 39.7 Å². The molecule has 0 saturated carbocycles. The number of pyridine rings is 1. The highest BCUT2D eigenvalue weighted by Gasteiger charge is 2.26. The number of carbonyl (C=O) groups is 1. The van der Waals surface area contributed by atoms with Crippen molar-refractivity contribution < 1.29 is 26.8 Å². The molecule has 0 aliphatic rings. The molecule has 1 N–H and O–H groups in total. The molecule has 0 aliphatic heterocycles. The molecule has 3 heterocycles.